The van der Waals surface area contributed by atoms with Gasteiger partial charge in [0.15, 0.2) is 0 Å². The van der Waals surface area contributed by atoms with Gasteiger partial charge in [0.1, 0.15) is 5.76 Å². The summed E-state index contributed by atoms with van der Waals surface area (Å²) in [6.45, 7) is 5.59. The number of rotatable bonds is 1. The summed E-state index contributed by atoms with van der Waals surface area (Å²) in [7, 11) is 0. The van der Waals surface area contributed by atoms with E-state index in [1.165, 1.54) is 0 Å². The van der Waals surface area contributed by atoms with E-state index < -0.39 is 0 Å². The van der Waals surface area contributed by atoms with Gasteiger partial charge in [-0.3, -0.25) is 0 Å². The zero-order chi connectivity index (χ0) is 11.0. The number of hydrogen-bond donors (Lipinski definition) is 0. The molecule has 0 aliphatic heterocycles. The minimum atomic E-state index is 0.241. The van der Waals surface area contributed by atoms with E-state index >= 15 is 0 Å². The molecule has 0 saturated heterocycles. The van der Waals surface area contributed by atoms with E-state index in [2.05, 4.69) is 15.1 Å². The molecule has 0 bridgehead atoms. The maximum Gasteiger partial charge on any atom is 0.223 e. The highest BCUT2D eigenvalue weighted by Crippen LogP contribution is 2.25. The molecule has 78 valence electrons. The Balaban J connectivity index is 2.63. The van der Waals surface area contributed by atoms with Crippen molar-refractivity contribution in [3.05, 3.63) is 28.5 Å². The predicted octanol–water partition coefficient (Wildman–Crippen LogP) is 2.71. The number of nitrogens with zero attached hydrogens (tertiary/aromatic N) is 3. The van der Waals surface area contributed by atoms with Crippen LogP contribution in [0.2, 0.25) is 5.28 Å². The van der Waals surface area contributed by atoms with Crippen LogP contribution in [0.1, 0.15) is 17.1 Å². The first-order valence-electron chi connectivity index (χ1n) is 4.52. The van der Waals surface area contributed by atoms with Crippen molar-refractivity contribution < 1.29 is 4.52 Å². The fourth-order valence-electron chi connectivity index (χ4n) is 1.51. The molecular formula is C10H10ClN3O. The Morgan fingerprint density at radius 3 is 2.47 bits per heavy atom. The summed E-state index contributed by atoms with van der Waals surface area (Å²) in [5.74, 6) is 0.738. The van der Waals surface area contributed by atoms with E-state index in [1.807, 2.05) is 26.8 Å². The molecule has 4 nitrogen and oxygen atoms in total. The van der Waals surface area contributed by atoms with Gasteiger partial charge in [-0.2, -0.15) is 0 Å². The molecule has 0 spiro atoms. The smallest absolute Gasteiger partial charge is 0.223 e. The summed E-state index contributed by atoms with van der Waals surface area (Å²) in [5.41, 5.74) is 3.28. The Kier molecular flexibility index (Phi) is 2.44. The number of aryl methyl sites for hydroxylation is 3. The van der Waals surface area contributed by atoms with Crippen LogP contribution in [-0.2, 0) is 0 Å². The van der Waals surface area contributed by atoms with Gasteiger partial charge < -0.3 is 4.52 Å². The lowest BCUT2D eigenvalue weighted by Crippen LogP contribution is -1.92. The van der Waals surface area contributed by atoms with Gasteiger partial charge in [-0.25, -0.2) is 9.97 Å². The lowest BCUT2D eigenvalue weighted by Gasteiger charge is -2.01. The highest BCUT2D eigenvalue weighted by molar-refractivity contribution is 6.28. The second-order valence-electron chi connectivity index (χ2n) is 3.36. The molecule has 0 radical (unpaired) electrons. The molecular weight excluding hydrogens is 214 g/mol. The molecule has 0 unspecified atom stereocenters. The third-order valence-electron chi connectivity index (χ3n) is 2.12. The SMILES string of the molecule is Cc1cc(-c2c(C)noc2C)nc(Cl)n1. The maximum absolute atomic E-state index is 5.80. The Morgan fingerprint density at radius 2 is 1.93 bits per heavy atom. The minimum absolute atomic E-state index is 0.241. The molecule has 2 rings (SSSR count). The van der Waals surface area contributed by atoms with Gasteiger partial charge in [-0.05, 0) is 38.4 Å². The molecule has 0 aromatic carbocycles. The van der Waals surface area contributed by atoms with Gasteiger partial charge in [0, 0.05) is 5.69 Å². The van der Waals surface area contributed by atoms with Crippen LogP contribution in [0.15, 0.2) is 10.6 Å². The summed E-state index contributed by atoms with van der Waals surface area (Å²) in [6, 6.07) is 1.86. The predicted molar refractivity (Wildman–Crippen MR) is 56.8 cm³/mol. The third-order valence-corrected chi connectivity index (χ3v) is 2.29. The van der Waals surface area contributed by atoms with Crippen LogP contribution in [0.5, 0.6) is 0 Å². The minimum Gasteiger partial charge on any atom is -0.361 e. The third kappa shape index (κ3) is 1.85. The number of hydrogen-bond acceptors (Lipinski definition) is 4. The van der Waals surface area contributed by atoms with E-state index in [1.54, 1.807) is 0 Å². The average molecular weight is 224 g/mol. The molecule has 15 heavy (non-hydrogen) atoms. The Labute approximate surface area is 92.3 Å². The Bertz CT molecular complexity index is 468. The molecule has 0 amide bonds. The monoisotopic (exact) mass is 223 g/mol. The summed E-state index contributed by atoms with van der Waals surface area (Å²) in [4.78, 5) is 8.16. The van der Waals surface area contributed by atoms with Crippen LogP contribution >= 0.6 is 11.6 Å². The topological polar surface area (TPSA) is 51.8 Å². The molecule has 0 aliphatic rings. The van der Waals surface area contributed by atoms with Crippen LogP contribution in [0, 0.1) is 20.8 Å². The van der Waals surface area contributed by atoms with E-state index in [9.17, 15) is 0 Å². The summed E-state index contributed by atoms with van der Waals surface area (Å²) in [5, 5.41) is 4.11. The van der Waals surface area contributed by atoms with Gasteiger partial charge in [0.05, 0.1) is 17.0 Å². The quantitative estimate of drug-likeness (QED) is 0.698. The summed E-state index contributed by atoms with van der Waals surface area (Å²) < 4.78 is 5.08. The molecule has 0 atom stereocenters. The van der Waals surface area contributed by atoms with Crippen molar-refractivity contribution in [2.24, 2.45) is 0 Å². The molecule has 0 aliphatic carbocycles. The van der Waals surface area contributed by atoms with Crippen LogP contribution < -0.4 is 0 Å². The summed E-state index contributed by atoms with van der Waals surface area (Å²) in [6.07, 6.45) is 0. The van der Waals surface area contributed by atoms with E-state index in [0.29, 0.717) is 0 Å². The molecule has 0 fully saturated rings. The molecule has 0 N–H and O–H groups in total. The van der Waals surface area contributed by atoms with Crippen molar-refractivity contribution in [1.82, 2.24) is 15.1 Å². The van der Waals surface area contributed by atoms with Crippen LogP contribution in [-0.4, -0.2) is 15.1 Å². The normalized spacial score (nSPS) is 10.7. The van der Waals surface area contributed by atoms with E-state index in [4.69, 9.17) is 16.1 Å². The van der Waals surface area contributed by atoms with Crippen molar-refractivity contribution in [3.8, 4) is 11.3 Å². The maximum atomic E-state index is 5.80. The number of aromatic nitrogens is 3. The molecule has 5 heteroatoms. The largest absolute Gasteiger partial charge is 0.361 e. The highest BCUT2D eigenvalue weighted by Gasteiger charge is 2.13. The lowest BCUT2D eigenvalue weighted by molar-refractivity contribution is 0.393. The van der Waals surface area contributed by atoms with Crippen LogP contribution in [0.25, 0.3) is 11.3 Å². The first kappa shape index (κ1) is 10.1. The first-order chi connectivity index (χ1) is 7.08. The van der Waals surface area contributed by atoms with Gasteiger partial charge in [0.2, 0.25) is 5.28 Å². The van der Waals surface area contributed by atoms with Crippen molar-refractivity contribution >= 4 is 11.6 Å². The molecule has 2 aromatic heterocycles. The van der Waals surface area contributed by atoms with Crippen molar-refractivity contribution in [3.63, 3.8) is 0 Å². The van der Waals surface area contributed by atoms with Gasteiger partial charge in [-0.15, -0.1) is 0 Å². The fraction of sp³-hybridized carbons (Fsp3) is 0.300. The molecule has 2 aromatic rings. The fourth-order valence-corrected chi connectivity index (χ4v) is 1.73. The van der Waals surface area contributed by atoms with E-state index in [0.717, 1.165) is 28.4 Å². The molecule has 2 heterocycles. The van der Waals surface area contributed by atoms with Crippen LogP contribution in [0.3, 0.4) is 0 Å². The lowest BCUT2D eigenvalue weighted by atomic mass is 10.1. The van der Waals surface area contributed by atoms with Crippen LogP contribution in [0.4, 0.5) is 0 Å². The Hall–Kier alpha value is -1.42. The number of halogens is 1. The van der Waals surface area contributed by atoms with Crippen molar-refractivity contribution in [1.29, 1.82) is 0 Å². The Morgan fingerprint density at radius 1 is 1.20 bits per heavy atom. The van der Waals surface area contributed by atoms with Gasteiger partial charge in [0.25, 0.3) is 0 Å². The standard InChI is InChI=1S/C10H10ClN3O/c1-5-4-8(13-10(11)12-5)9-6(2)14-15-7(9)3/h4H,1-3H3. The van der Waals surface area contributed by atoms with E-state index in [-0.39, 0.29) is 5.28 Å². The zero-order valence-corrected chi connectivity index (χ0v) is 9.46. The van der Waals surface area contributed by atoms with Crippen molar-refractivity contribution in [2.45, 2.75) is 20.8 Å². The van der Waals surface area contributed by atoms with Crippen molar-refractivity contribution in [2.75, 3.05) is 0 Å². The second kappa shape index (κ2) is 3.62. The highest BCUT2D eigenvalue weighted by atomic mass is 35.5. The first-order valence-corrected chi connectivity index (χ1v) is 4.90. The van der Waals surface area contributed by atoms with Gasteiger partial charge in [-0.1, -0.05) is 5.16 Å². The van der Waals surface area contributed by atoms with Gasteiger partial charge >= 0.3 is 0 Å². The molecule has 0 saturated carbocycles. The summed E-state index contributed by atoms with van der Waals surface area (Å²) >= 11 is 5.80. The zero-order valence-electron chi connectivity index (χ0n) is 8.71. The average Bonchev–Trinajstić information content (AvgIpc) is 2.44. The second-order valence-corrected chi connectivity index (χ2v) is 3.70.